The van der Waals surface area contributed by atoms with Crippen LogP contribution >= 0.6 is 11.3 Å². The molecule has 8 aromatic rings. The summed E-state index contributed by atoms with van der Waals surface area (Å²) in [4.78, 5) is 14.1. The quantitative estimate of drug-likeness (QED) is 0.233. The van der Waals surface area contributed by atoms with Crippen LogP contribution in [-0.4, -0.2) is 19.5 Å². The zero-order valence-corrected chi connectivity index (χ0v) is 21.5. The Bertz CT molecular complexity index is 2090. The molecule has 0 saturated carbocycles. The minimum Gasteiger partial charge on any atom is -0.445 e. The molecule has 4 aromatic heterocycles. The van der Waals surface area contributed by atoms with Crippen molar-refractivity contribution in [2.75, 3.05) is 0 Å². The summed E-state index contributed by atoms with van der Waals surface area (Å²) in [7, 11) is 0. The van der Waals surface area contributed by atoms with Crippen LogP contribution < -0.4 is 0 Å². The number of rotatable bonds is 4. The lowest BCUT2D eigenvalue weighted by atomic mass is 10.0. The average molecular weight is 521 g/mol. The molecule has 0 atom stereocenters. The third kappa shape index (κ3) is 3.57. The normalized spacial score (nSPS) is 11.6. The number of benzene rings is 4. The summed E-state index contributed by atoms with van der Waals surface area (Å²) in [6, 6.07) is 35.7. The highest BCUT2D eigenvalue weighted by Crippen LogP contribution is 2.42. The molecule has 0 fully saturated rings. The smallest absolute Gasteiger partial charge is 0.226 e. The van der Waals surface area contributed by atoms with Crippen LogP contribution in [0, 0.1) is 0 Å². The minimum atomic E-state index is 0.583. The van der Waals surface area contributed by atoms with Crippen molar-refractivity contribution in [2.45, 2.75) is 0 Å². The Morgan fingerprint density at radius 3 is 2.44 bits per heavy atom. The number of aromatic nitrogens is 4. The lowest BCUT2D eigenvalue weighted by Gasteiger charge is -2.11. The molecular formula is C33H20N4OS. The van der Waals surface area contributed by atoms with Crippen molar-refractivity contribution in [3.63, 3.8) is 0 Å². The van der Waals surface area contributed by atoms with Gasteiger partial charge in [0.05, 0.1) is 33.1 Å². The third-order valence-corrected chi connectivity index (χ3v) is 8.13. The monoisotopic (exact) mass is 520 g/mol. The highest BCUT2D eigenvalue weighted by molar-refractivity contribution is 7.21. The molecular weight excluding hydrogens is 500 g/mol. The van der Waals surface area contributed by atoms with Gasteiger partial charge in [-0.3, -0.25) is 4.98 Å². The van der Waals surface area contributed by atoms with Gasteiger partial charge in [0.15, 0.2) is 0 Å². The number of hydrogen-bond donors (Lipinski definition) is 0. The van der Waals surface area contributed by atoms with Crippen LogP contribution in [0.15, 0.2) is 126 Å². The molecule has 184 valence electrons. The molecule has 6 heteroatoms. The SMILES string of the molecule is c1ccc(-c2cccc(-n3c4ccccc4c4cc(-c5ncco5)c(-c5nc6ccccc6s5)cc43)c2)nc1. The number of pyridine rings is 1. The third-order valence-electron chi connectivity index (χ3n) is 7.06. The van der Waals surface area contributed by atoms with Crippen LogP contribution in [0.25, 0.3) is 71.0 Å². The van der Waals surface area contributed by atoms with E-state index < -0.39 is 0 Å². The van der Waals surface area contributed by atoms with Crippen LogP contribution in [0.4, 0.5) is 0 Å². The summed E-state index contributed by atoms with van der Waals surface area (Å²) in [5, 5.41) is 3.23. The fourth-order valence-electron chi connectivity index (χ4n) is 5.33. The first-order chi connectivity index (χ1) is 19.3. The van der Waals surface area contributed by atoms with E-state index in [9.17, 15) is 0 Å². The van der Waals surface area contributed by atoms with Crippen LogP contribution in [-0.2, 0) is 0 Å². The van der Waals surface area contributed by atoms with Crippen LogP contribution in [0.2, 0.25) is 0 Å². The predicted molar refractivity (Wildman–Crippen MR) is 158 cm³/mol. The number of thiazole rings is 1. The van der Waals surface area contributed by atoms with E-state index in [4.69, 9.17) is 9.40 Å². The fourth-order valence-corrected chi connectivity index (χ4v) is 6.32. The number of oxazole rings is 1. The topological polar surface area (TPSA) is 56.7 Å². The van der Waals surface area contributed by atoms with Crippen LogP contribution in [0.3, 0.4) is 0 Å². The summed E-state index contributed by atoms with van der Waals surface area (Å²) in [6.07, 6.45) is 5.14. The number of fused-ring (bicyclic) bond motifs is 4. The largest absolute Gasteiger partial charge is 0.445 e. The van der Waals surface area contributed by atoms with Crippen molar-refractivity contribution >= 4 is 43.4 Å². The molecule has 8 rings (SSSR count). The molecule has 0 unspecified atom stereocenters. The maximum Gasteiger partial charge on any atom is 0.226 e. The van der Waals surface area contributed by atoms with E-state index in [1.54, 1.807) is 23.8 Å². The van der Waals surface area contributed by atoms with Gasteiger partial charge in [0, 0.05) is 39.3 Å². The predicted octanol–water partition coefficient (Wildman–Crippen LogP) is 8.78. The Kier molecular flexibility index (Phi) is 4.93. The highest BCUT2D eigenvalue weighted by Gasteiger charge is 2.21. The van der Waals surface area contributed by atoms with E-state index in [1.807, 2.05) is 30.5 Å². The summed E-state index contributed by atoms with van der Waals surface area (Å²) < 4.78 is 9.30. The minimum absolute atomic E-state index is 0.583. The van der Waals surface area contributed by atoms with Gasteiger partial charge in [-0.05, 0) is 54.6 Å². The summed E-state index contributed by atoms with van der Waals surface area (Å²) in [5.74, 6) is 0.583. The van der Waals surface area contributed by atoms with Gasteiger partial charge in [0.2, 0.25) is 5.89 Å². The molecule has 0 bridgehead atoms. The second kappa shape index (κ2) is 8.75. The maximum absolute atomic E-state index is 5.82. The Labute approximate surface area is 227 Å². The first-order valence-electron chi connectivity index (χ1n) is 12.7. The van der Waals surface area contributed by atoms with Gasteiger partial charge in [-0.2, -0.15) is 0 Å². The van der Waals surface area contributed by atoms with Gasteiger partial charge in [0.1, 0.15) is 11.3 Å². The summed E-state index contributed by atoms with van der Waals surface area (Å²) in [5.41, 5.74) is 8.23. The molecule has 0 aliphatic rings. The lowest BCUT2D eigenvalue weighted by Crippen LogP contribution is -1.95. The van der Waals surface area contributed by atoms with Crippen LogP contribution in [0.5, 0.6) is 0 Å². The number of nitrogens with zero attached hydrogens (tertiary/aromatic N) is 4. The molecule has 0 aliphatic heterocycles. The first-order valence-corrected chi connectivity index (χ1v) is 13.5. The average Bonchev–Trinajstić information content (AvgIpc) is 3.75. The van der Waals surface area contributed by atoms with E-state index >= 15 is 0 Å². The van der Waals surface area contributed by atoms with E-state index in [0.29, 0.717) is 5.89 Å². The molecule has 0 aliphatic carbocycles. The van der Waals surface area contributed by atoms with Gasteiger partial charge in [-0.1, -0.05) is 48.5 Å². The zero-order chi connectivity index (χ0) is 25.8. The molecule has 4 heterocycles. The van der Waals surface area contributed by atoms with Crippen molar-refractivity contribution in [1.29, 1.82) is 0 Å². The Morgan fingerprint density at radius 1 is 0.667 bits per heavy atom. The van der Waals surface area contributed by atoms with Crippen molar-refractivity contribution in [1.82, 2.24) is 19.5 Å². The first kappa shape index (κ1) is 22.0. The van der Waals surface area contributed by atoms with E-state index in [2.05, 4.69) is 93.4 Å². The van der Waals surface area contributed by atoms with Crippen molar-refractivity contribution in [2.24, 2.45) is 0 Å². The molecule has 4 aromatic carbocycles. The number of hydrogen-bond acceptors (Lipinski definition) is 5. The Hall–Kier alpha value is -5.07. The Balaban J connectivity index is 1.45. The Morgan fingerprint density at radius 2 is 1.56 bits per heavy atom. The second-order valence-corrected chi connectivity index (χ2v) is 10.4. The highest BCUT2D eigenvalue weighted by atomic mass is 32.1. The molecule has 0 N–H and O–H groups in total. The summed E-state index contributed by atoms with van der Waals surface area (Å²) in [6.45, 7) is 0. The maximum atomic E-state index is 5.82. The second-order valence-electron chi connectivity index (χ2n) is 9.36. The van der Waals surface area contributed by atoms with Crippen molar-refractivity contribution in [3.05, 3.63) is 122 Å². The molecule has 0 amide bonds. The lowest BCUT2D eigenvalue weighted by molar-refractivity contribution is 0.575. The van der Waals surface area contributed by atoms with E-state index in [-0.39, 0.29) is 0 Å². The van der Waals surface area contributed by atoms with Gasteiger partial charge in [-0.25, -0.2) is 9.97 Å². The van der Waals surface area contributed by atoms with Crippen LogP contribution in [0.1, 0.15) is 0 Å². The molecule has 0 radical (unpaired) electrons. The van der Waals surface area contributed by atoms with Gasteiger partial charge in [-0.15, -0.1) is 11.3 Å². The fraction of sp³-hybridized carbons (Fsp3) is 0. The van der Waals surface area contributed by atoms with Gasteiger partial charge < -0.3 is 8.98 Å². The van der Waals surface area contributed by atoms with Crippen molar-refractivity contribution in [3.8, 4) is 39.0 Å². The van der Waals surface area contributed by atoms with Gasteiger partial charge >= 0.3 is 0 Å². The van der Waals surface area contributed by atoms with E-state index in [1.165, 1.54) is 5.39 Å². The van der Waals surface area contributed by atoms with Gasteiger partial charge in [0.25, 0.3) is 0 Å². The molecule has 39 heavy (non-hydrogen) atoms. The zero-order valence-electron chi connectivity index (χ0n) is 20.7. The molecule has 5 nitrogen and oxygen atoms in total. The van der Waals surface area contributed by atoms with Crippen molar-refractivity contribution < 1.29 is 4.42 Å². The molecule has 0 saturated heterocycles. The number of para-hydroxylation sites is 2. The standard InChI is InChI=1S/C33H20N4OS/c1-3-13-29-23(10-1)24-19-25(32-35-16-17-38-32)26(33-36-28-12-2-4-14-31(28)39-33)20-30(24)37(29)22-9-7-8-21(18-22)27-11-5-6-15-34-27/h1-20H. The summed E-state index contributed by atoms with van der Waals surface area (Å²) >= 11 is 1.68. The van der Waals surface area contributed by atoms with E-state index in [0.717, 1.165) is 59.7 Å². The molecule has 0 spiro atoms.